The molecule has 0 saturated carbocycles. The minimum absolute atomic E-state index is 0.231. The largest absolute Gasteiger partial charge is 0.573 e. The molecule has 0 N–H and O–H groups in total. The van der Waals surface area contributed by atoms with Gasteiger partial charge in [-0.1, -0.05) is 23.7 Å². The van der Waals surface area contributed by atoms with Gasteiger partial charge in [-0.2, -0.15) is 4.36 Å². The van der Waals surface area contributed by atoms with Crippen molar-refractivity contribution < 1.29 is 26.9 Å². The Labute approximate surface area is 141 Å². The molecule has 0 unspecified atom stereocenters. The Hall–Kier alpha value is -2.06. The second-order valence-corrected chi connectivity index (χ2v) is 7.39. The zero-order chi connectivity index (χ0) is 18.0. The minimum atomic E-state index is -4.96. The Morgan fingerprint density at radius 3 is 2.29 bits per heavy atom. The molecule has 4 nitrogen and oxygen atoms in total. The van der Waals surface area contributed by atoms with Crippen LogP contribution < -0.4 is 4.74 Å². The molecule has 0 saturated heterocycles. The number of hydrogen-bond acceptors (Lipinski definition) is 3. The van der Waals surface area contributed by atoms with E-state index in [2.05, 4.69) is 9.10 Å². The Balaban J connectivity index is 2.42. The average molecular weight is 378 g/mol. The second-order valence-electron chi connectivity index (χ2n) is 4.70. The van der Waals surface area contributed by atoms with Gasteiger partial charge >= 0.3 is 6.36 Å². The first kappa shape index (κ1) is 18.3. The fourth-order valence-electron chi connectivity index (χ4n) is 1.80. The number of nitrogens with zero attached hydrogens (tertiary/aromatic N) is 1. The highest BCUT2D eigenvalue weighted by Crippen LogP contribution is 2.27. The zero-order valence-corrected chi connectivity index (χ0v) is 13.8. The van der Waals surface area contributed by atoms with Crippen LogP contribution in [0.2, 0.25) is 5.02 Å². The number of carbonyl (C=O) groups is 1. The summed E-state index contributed by atoms with van der Waals surface area (Å²) in [6.07, 6.45) is -3.75. The third kappa shape index (κ3) is 4.72. The lowest BCUT2D eigenvalue weighted by Gasteiger charge is -2.11. The van der Waals surface area contributed by atoms with Gasteiger partial charge in [0.15, 0.2) is 0 Å². The Bertz CT molecular complexity index is 872. The van der Waals surface area contributed by atoms with E-state index in [1.54, 1.807) is 0 Å². The summed E-state index contributed by atoms with van der Waals surface area (Å²) < 4.78 is 57.1. The van der Waals surface area contributed by atoms with Crippen molar-refractivity contribution in [3.05, 3.63) is 59.1 Å². The highest BCUT2D eigenvalue weighted by molar-refractivity contribution is 7.93. The topological polar surface area (TPSA) is 55.7 Å². The molecule has 2 aromatic rings. The quantitative estimate of drug-likeness (QED) is 0.789. The maximum Gasteiger partial charge on any atom is 0.573 e. The van der Waals surface area contributed by atoms with Gasteiger partial charge in [-0.25, -0.2) is 4.21 Å². The molecular formula is C15H11ClF3NO3S. The Kier molecular flexibility index (Phi) is 5.19. The third-order valence-electron chi connectivity index (χ3n) is 2.85. The smallest absolute Gasteiger partial charge is 0.405 e. The number of amides is 1. The summed E-state index contributed by atoms with van der Waals surface area (Å²) >= 11 is 5.73. The molecule has 0 aliphatic heterocycles. The molecular weight excluding hydrogens is 367 g/mol. The van der Waals surface area contributed by atoms with Crippen LogP contribution in [0.4, 0.5) is 13.2 Å². The van der Waals surface area contributed by atoms with E-state index in [0.29, 0.717) is 5.02 Å². The van der Waals surface area contributed by atoms with Gasteiger partial charge in [0.1, 0.15) is 5.75 Å². The van der Waals surface area contributed by atoms with Gasteiger partial charge in [0.25, 0.3) is 5.91 Å². The first-order valence-corrected chi connectivity index (χ1v) is 8.75. The lowest BCUT2D eigenvalue weighted by atomic mass is 10.2. The van der Waals surface area contributed by atoms with Gasteiger partial charge in [0.05, 0.1) is 15.3 Å². The Morgan fingerprint density at radius 1 is 1.12 bits per heavy atom. The standard InChI is InChI=1S/C15H11ClF3NO3S/c1-24(22,11-8-6-10(16)7-9-11)20-14(21)12-4-2-3-5-13(12)23-15(17,18)19/h2-9H,1H3/t24-/m0/s1. The lowest BCUT2D eigenvalue weighted by Crippen LogP contribution is -2.19. The van der Waals surface area contributed by atoms with Crippen molar-refractivity contribution in [1.29, 1.82) is 0 Å². The number of alkyl halides is 3. The van der Waals surface area contributed by atoms with Gasteiger partial charge in [0, 0.05) is 16.2 Å². The lowest BCUT2D eigenvalue weighted by molar-refractivity contribution is -0.274. The van der Waals surface area contributed by atoms with E-state index < -0.39 is 33.3 Å². The van der Waals surface area contributed by atoms with Crippen molar-refractivity contribution in [3.63, 3.8) is 0 Å². The molecule has 2 aromatic carbocycles. The number of benzene rings is 2. The van der Waals surface area contributed by atoms with Crippen LogP contribution in [-0.4, -0.2) is 22.7 Å². The van der Waals surface area contributed by atoms with Crippen molar-refractivity contribution in [2.75, 3.05) is 6.26 Å². The van der Waals surface area contributed by atoms with E-state index in [1.807, 2.05) is 0 Å². The number of ether oxygens (including phenoxy) is 1. The summed E-state index contributed by atoms with van der Waals surface area (Å²) in [6.45, 7) is 0. The van der Waals surface area contributed by atoms with Crippen molar-refractivity contribution in [3.8, 4) is 5.75 Å². The number of carbonyl (C=O) groups excluding carboxylic acids is 1. The molecule has 0 fully saturated rings. The normalized spacial score (nSPS) is 13.9. The molecule has 0 heterocycles. The van der Waals surface area contributed by atoms with E-state index in [4.69, 9.17) is 11.6 Å². The van der Waals surface area contributed by atoms with Crippen LogP contribution >= 0.6 is 11.6 Å². The molecule has 0 radical (unpaired) electrons. The average Bonchev–Trinajstić information content (AvgIpc) is 2.46. The maximum absolute atomic E-state index is 12.6. The molecule has 24 heavy (non-hydrogen) atoms. The fraction of sp³-hybridized carbons (Fsp3) is 0.133. The van der Waals surface area contributed by atoms with Crippen LogP contribution in [0.25, 0.3) is 0 Å². The van der Waals surface area contributed by atoms with Gasteiger partial charge in [-0.05, 0) is 36.4 Å². The second kappa shape index (κ2) is 6.82. The van der Waals surface area contributed by atoms with Crippen molar-refractivity contribution >= 4 is 27.2 Å². The van der Waals surface area contributed by atoms with Gasteiger partial charge in [-0.15, -0.1) is 13.2 Å². The van der Waals surface area contributed by atoms with E-state index >= 15 is 0 Å². The molecule has 1 atom stereocenters. The van der Waals surface area contributed by atoms with Crippen LogP contribution in [0, 0.1) is 0 Å². The zero-order valence-electron chi connectivity index (χ0n) is 12.2. The predicted octanol–water partition coefficient (Wildman–Crippen LogP) is 4.54. The summed E-state index contributed by atoms with van der Waals surface area (Å²) in [5, 5.41) is 0.407. The number of para-hydroxylation sites is 1. The van der Waals surface area contributed by atoms with Crippen molar-refractivity contribution in [1.82, 2.24) is 0 Å². The summed E-state index contributed by atoms with van der Waals surface area (Å²) in [5.74, 6) is -1.78. The maximum atomic E-state index is 12.6. The summed E-state index contributed by atoms with van der Waals surface area (Å²) in [7, 11) is -3.15. The molecule has 0 aliphatic rings. The van der Waals surface area contributed by atoms with Crippen LogP contribution in [0.1, 0.15) is 10.4 Å². The predicted molar refractivity (Wildman–Crippen MR) is 83.7 cm³/mol. The summed E-state index contributed by atoms with van der Waals surface area (Å²) in [5.41, 5.74) is -0.432. The van der Waals surface area contributed by atoms with Crippen LogP contribution in [0.5, 0.6) is 5.75 Å². The highest BCUT2D eigenvalue weighted by Gasteiger charge is 2.33. The SMILES string of the molecule is C[S@@](=O)(=NC(=O)c1ccccc1OC(F)(F)F)c1ccc(Cl)cc1. The monoisotopic (exact) mass is 377 g/mol. The third-order valence-corrected chi connectivity index (χ3v) is 4.76. The summed E-state index contributed by atoms with van der Waals surface area (Å²) in [4.78, 5) is 12.4. The van der Waals surface area contributed by atoms with Crippen LogP contribution in [-0.2, 0) is 9.73 Å². The van der Waals surface area contributed by atoms with Gasteiger partial charge in [-0.3, -0.25) is 4.79 Å². The van der Waals surface area contributed by atoms with Gasteiger partial charge in [0.2, 0.25) is 0 Å². The van der Waals surface area contributed by atoms with Crippen molar-refractivity contribution in [2.24, 2.45) is 4.36 Å². The van der Waals surface area contributed by atoms with E-state index in [0.717, 1.165) is 12.1 Å². The van der Waals surface area contributed by atoms with Crippen molar-refractivity contribution in [2.45, 2.75) is 11.3 Å². The number of rotatable bonds is 3. The molecule has 1 amide bonds. The van der Waals surface area contributed by atoms with E-state index in [1.165, 1.54) is 42.7 Å². The van der Waals surface area contributed by atoms with Crippen LogP contribution in [0.15, 0.2) is 57.8 Å². The molecule has 0 bridgehead atoms. The first-order chi connectivity index (χ1) is 11.1. The Morgan fingerprint density at radius 2 is 1.71 bits per heavy atom. The first-order valence-electron chi connectivity index (χ1n) is 6.45. The molecule has 0 aromatic heterocycles. The highest BCUT2D eigenvalue weighted by atomic mass is 35.5. The molecule has 128 valence electrons. The minimum Gasteiger partial charge on any atom is -0.405 e. The molecule has 9 heteroatoms. The van der Waals surface area contributed by atoms with Crippen LogP contribution in [0.3, 0.4) is 0 Å². The molecule has 0 aliphatic carbocycles. The van der Waals surface area contributed by atoms with E-state index in [-0.39, 0.29) is 4.90 Å². The summed E-state index contributed by atoms with van der Waals surface area (Å²) in [6, 6.07) is 10.5. The van der Waals surface area contributed by atoms with E-state index in [9.17, 15) is 22.2 Å². The number of hydrogen-bond donors (Lipinski definition) is 0. The number of halogens is 4. The van der Waals surface area contributed by atoms with Gasteiger partial charge < -0.3 is 4.74 Å². The molecule has 0 spiro atoms. The molecule has 2 rings (SSSR count). The fourth-order valence-corrected chi connectivity index (χ4v) is 3.09.